The molecule has 0 aliphatic heterocycles. The summed E-state index contributed by atoms with van der Waals surface area (Å²) in [6.45, 7) is 2.58. The van der Waals surface area contributed by atoms with Gasteiger partial charge in [-0.1, -0.05) is 72.8 Å². The summed E-state index contributed by atoms with van der Waals surface area (Å²) in [6.07, 6.45) is 5.09. The lowest BCUT2D eigenvalue weighted by atomic mass is 9.71. The van der Waals surface area contributed by atoms with Gasteiger partial charge in [0.15, 0.2) is 0 Å². The van der Waals surface area contributed by atoms with Crippen LogP contribution >= 0.6 is 0 Å². The number of rotatable bonds is 6. The van der Waals surface area contributed by atoms with Crippen LogP contribution in [-0.2, 0) is 5.41 Å². The van der Waals surface area contributed by atoms with E-state index in [4.69, 9.17) is 0 Å². The highest BCUT2D eigenvalue weighted by molar-refractivity contribution is 5.40. The van der Waals surface area contributed by atoms with Crippen LogP contribution in [0.4, 0.5) is 0 Å². The molecule has 1 N–H and O–H groups in total. The van der Waals surface area contributed by atoms with Gasteiger partial charge in [-0.2, -0.15) is 5.06 Å². The van der Waals surface area contributed by atoms with Crippen molar-refractivity contribution in [3.63, 3.8) is 0 Å². The van der Waals surface area contributed by atoms with Crippen LogP contribution in [0.15, 0.2) is 72.8 Å². The molecule has 0 radical (unpaired) electrons. The topological polar surface area (TPSA) is 23.5 Å². The van der Waals surface area contributed by atoms with Crippen LogP contribution in [0.3, 0.4) is 0 Å². The summed E-state index contributed by atoms with van der Waals surface area (Å²) in [5.41, 5.74) is 2.18. The van der Waals surface area contributed by atoms with Gasteiger partial charge < -0.3 is 5.21 Å². The number of hydrogen-bond donors (Lipinski definition) is 1. The quantitative estimate of drug-likeness (QED) is 0.631. The Balaban J connectivity index is 2.59. The third-order valence-electron chi connectivity index (χ3n) is 3.85. The second kappa shape index (κ2) is 7.21. The average Bonchev–Trinajstić information content (AvgIpc) is 2.53. The van der Waals surface area contributed by atoms with Gasteiger partial charge in [-0.05, 0) is 24.5 Å². The van der Waals surface area contributed by atoms with Crippen molar-refractivity contribution in [2.45, 2.75) is 18.8 Å². The van der Waals surface area contributed by atoms with E-state index in [9.17, 15) is 5.21 Å². The van der Waals surface area contributed by atoms with Crippen molar-refractivity contribution < 1.29 is 5.21 Å². The summed E-state index contributed by atoms with van der Waals surface area (Å²) >= 11 is 0. The molecule has 0 aromatic heterocycles. The molecule has 110 valence electrons. The Bertz CT molecular complexity index is 521. The molecule has 0 saturated carbocycles. The molecule has 0 amide bonds. The fourth-order valence-electron chi connectivity index (χ4n) is 2.87. The minimum Gasteiger partial charge on any atom is -0.314 e. The first-order valence-electron chi connectivity index (χ1n) is 7.31. The largest absolute Gasteiger partial charge is 0.314 e. The third-order valence-corrected chi connectivity index (χ3v) is 3.85. The molecule has 0 aliphatic rings. The van der Waals surface area contributed by atoms with Crippen molar-refractivity contribution in [1.82, 2.24) is 5.06 Å². The molecule has 2 aromatic rings. The molecular formula is C19H23NO. The van der Waals surface area contributed by atoms with Crippen LogP contribution in [0.5, 0.6) is 0 Å². The first-order valence-corrected chi connectivity index (χ1v) is 7.31. The lowest BCUT2D eigenvalue weighted by Gasteiger charge is -2.36. The zero-order chi connectivity index (χ0) is 15.1. The Hall–Kier alpha value is -1.90. The fourth-order valence-corrected chi connectivity index (χ4v) is 2.87. The second-order valence-corrected chi connectivity index (χ2v) is 5.40. The van der Waals surface area contributed by atoms with E-state index in [1.54, 1.807) is 7.05 Å². The normalized spacial score (nSPS) is 12.2. The van der Waals surface area contributed by atoms with Crippen molar-refractivity contribution in [1.29, 1.82) is 0 Å². The minimum atomic E-state index is -0.251. The highest BCUT2D eigenvalue weighted by Gasteiger charge is 2.34. The van der Waals surface area contributed by atoms with Crippen molar-refractivity contribution >= 4 is 0 Å². The van der Waals surface area contributed by atoms with E-state index < -0.39 is 0 Å². The smallest absolute Gasteiger partial charge is 0.0387 e. The van der Waals surface area contributed by atoms with Crippen molar-refractivity contribution in [2.24, 2.45) is 0 Å². The van der Waals surface area contributed by atoms with Crippen LogP contribution in [0.1, 0.15) is 24.5 Å². The van der Waals surface area contributed by atoms with E-state index in [0.29, 0.717) is 6.54 Å². The van der Waals surface area contributed by atoms with Crippen LogP contribution in [0, 0.1) is 0 Å². The number of nitrogens with zero attached hydrogens (tertiary/aromatic N) is 1. The number of hydrogen-bond acceptors (Lipinski definition) is 2. The SMILES string of the molecule is C/C=C\CC(CN(C)O)(c1ccccc1)c1ccccc1. The van der Waals surface area contributed by atoms with Crippen molar-refractivity contribution in [3.8, 4) is 0 Å². The zero-order valence-electron chi connectivity index (χ0n) is 12.7. The maximum Gasteiger partial charge on any atom is 0.0387 e. The van der Waals surface area contributed by atoms with Gasteiger partial charge in [-0.15, -0.1) is 0 Å². The number of allylic oxidation sites excluding steroid dienone is 2. The number of hydroxylamine groups is 2. The molecule has 0 bridgehead atoms. The predicted octanol–water partition coefficient (Wildman–Crippen LogP) is 4.26. The summed E-state index contributed by atoms with van der Waals surface area (Å²) in [5.74, 6) is 0. The fraction of sp³-hybridized carbons (Fsp3) is 0.263. The van der Waals surface area contributed by atoms with E-state index in [-0.39, 0.29) is 5.41 Å². The van der Waals surface area contributed by atoms with Crippen LogP contribution in [0.25, 0.3) is 0 Å². The van der Waals surface area contributed by atoms with E-state index in [2.05, 4.69) is 60.7 Å². The Morgan fingerprint density at radius 1 is 0.952 bits per heavy atom. The maximum absolute atomic E-state index is 9.92. The molecule has 2 aromatic carbocycles. The van der Waals surface area contributed by atoms with Crippen LogP contribution < -0.4 is 0 Å². The molecule has 2 nitrogen and oxygen atoms in total. The lowest BCUT2D eigenvalue weighted by Crippen LogP contribution is -2.38. The van der Waals surface area contributed by atoms with Gasteiger partial charge in [0.05, 0.1) is 0 Å². The van der Waals surface area contributed by atoms with Gasteiger partial charge in [0.25, 0.3) is 0 Å². The Morgan fingerprint density at radius 3 is 1.81 bits per heavy atom. The summed E-state index contributed by atoms with van der Waals surface area (Å²) in [7, 11) is 1.70. The Labute approximate surface area is 127 Å². The van der Waals surface area contributed by atoms with Gasteiger partial charge >= 0.3 is 0 Å². The third kappa shape index (κ3) is 3.60. The van der Waals surface area contributed by atoms with Crippen molar-refractivity contribution in [2.75, 3.05) is 13.6 Å². The summed E-state index contributed by atoms with van der Waals surface area (Å²) < 4.78 is 0. The Kier molecular flexibility index (Phi) is 5.32. The molecule has 0 atom stereocenters. The monoisotopic (exact) mass is 281 g/mol. The lowest BCUT2D eigenvalue weighted by molar-refractivity contribution is -0.0770. The average molecular weight is 281 g/mol. The van der Waals surface area contributed by atoms with E-state index >= 15 is 0 Å². The summed E-state index contributed by atoms with van der Waals surface area (Å²) in [4.78, 5) is 0. The van der Waals surface area contributed by atoms with E-state index in [0.717, 1.165) is 6.42 Å². The van der Waals surface area contributed by atoms with Gasteiger partial charge in [0.2, 0.25) is 0 Å². The first-order chi connectivity index (χ1) is 10.2. The van der Waals surface area contributed by atoms with Gasteiger partial charge in [0, 0.05) is 19.0 Å². The highest BCUT2D eigenvalue weighted by atomic mass is 16.5. The van der Waals surface area contributed by atoms with Gasteiger partial charge in [0.1, 0.15) is 0 Å². The molecule has 0 unspecified atom stereocenters. The summed E-state index contributed by atoms with van der Waals surface area (Å²) in [5, 5.41) is 11.2. The van der Waals surface area contributed by atoms with E-state index in [1.165, 1.54) is 16.2 Å². The maximum atomic E-state index is 9.92. The standard InChI is InChI=1S/C19H23NO/c1-3-4-15-19(16-20(2)21,17-11-7-5-8-12-17)18-13-9-6-10-14-18/h3-14,21H,15-16H2,1-2H3/b4-3-. The van der Waals surface area contributed by atoms with Crippen LogP contribution in [0.2, 0.25) is 0 Å². The zero-order valence-corrected chi connectivity index (χ0v) is 12.7. The number of benzene rings is 2. The molecule has 0 spiro atoms. The van der Waals surface area contributed by atoms with Gasteiger partial charge in [-0.3, -0.25) is 0 Å². The Morgan fingerprint density at radius 2 is 1.43 bits per heavy atom. The number of likely N-dealkylation sites (N-methyl/N-ethyl adjacent to an activating group) is 1. The molecular weight excluding hydrogens is 258 g/mol. The second-order valence-electron chi connectivity index (χ2n) is 5.40. The summed E-state index contributed by atoms with van der Waals surface area (Å²) in [6, 6.07) is 20.8. The predicted molar refractivity (Wildman–Crippen MR) is 87.5 cm³/mol. The molecule has 0 fully saturated rings. The van der Waals surface area contributed by atoms with E-state index in [1.807, 2.05) is 19.1 Å². The molecule has 0 aliphatic carbocycles. The molecule has 21 heavy (non-hydrogen) atoms. The highest BCUT2D eigenvalue weighted by Crippen LogP contribution is 2.36. The minimum absolute atomic E-state index is 0.251. The molecule has 2 rings (SSSR count). The van der Waals surface area contributed by atoms with Crippen LogP contribution in [-0.4, -0.2) is 23.9 Å². The first kappa shape index (κ1) is 15.5. The van der Waals surface area contributed by atoms with Gasteiger partial charge in [-0.25, -0.2) is 0 Å². The van der Waals surface area contributed by atoms with Crippen molar-refractivity contribution in [3.05, 3.63) is 83.9 Å². The molecule has 2 heteroatoms. The molecule has 0 saturated heterocycles. The molecule has 0 heterocycles.